The molecule has 14 heavy (non-hydrogen) atoms. The zero-order valence-electron chi connectivity index (χ0n) is 8.53. The number of hydrogen-bond donors (Lipinski definition) is 1. The number of hydrogen-bond acceptors (Lipinski definition) is 2. The van der Waals surface area contributed by atoms with Gasteiger partial charge in [-0.25, -0.2) is 0 Å². The monoisotopic (exact) mass is 188 g/mol. The highest BCUT2D eigenvalue weighted by molar-refractivity contribution is 5.72. The Bertz CT molecular complexity index is 348. The van der Waals surface area contributed by atoms with Crippen LogP contribution in [-0.4, -0.2) is 19.1 Å². The van der Waals surface area contributed by atoms with Crippen molar-refractivity contribution in [2.75, 3.05) is 23.3 Å². The second-order valence-corrected chi connectivity index (χ2v) is 4.42. The summed E-state index contributed by atoms with van der Waals surface area (Å²) in [6.07, 6.45) is 1.37. The van der Waals surface area contributed by atoms with E-state index in [1.807, 2.05) is 0 Å². The van der Waals surface area contributed by atoms with Crippen LogP contribution in [0.3, 0.4) is 0 Å². The van der Waals surface area contributed by atoms with E-state index in [1.165, 1.54) is 17.8 Å². The quantitative estimate of drug-likeness (QED) is 0.727. The molecular formula is C12H16N2. The lowest BCUT2D eigenvalue weighted by Gasteiger charge is -2.32. The van der Waals surface area contributed by atoms with Gasteiger partial charge in [0.2, 0.25) is 0 Å². The van der Waals surface area contributed by atoms with Crippen LogP contribution in [0.15, 0.2) is 24.3 Å². The average molecular weight is 188 g/mol. The van der Waals surface area contributed by atoms with E-state index in [2.05, 4.69) is 41.4 Å². The summed E-state index contributed by atoms with van der Waals surface area (Å²) in [5.74, 6) is 0.890. The summed E-state index contributed by atoms with van der Waals surface area (Å²) >= 11 is 0. The van der Waals surface area contributed by atoms with Gasteiger partial charge in [0.15, 0.2) is 0 Å². The first kappa shape index (κ1) is 8.16. The third kappa shape index (κ3) is 1.17. The summed E-state index contributed by atoms with van der Waals surface area (Å²) in [4.78, 5) is 2.57. The minimum absolute atomic E-state index is 0.804. The van der Waals surface area contributed by atoms with Gasteiger partial charge in [-0.2, -0.15) is 0 Å². The molecule has 2 heteroatoms. The molecule has 1 fully saturated rings. The summed E-state index contributed by atoms with van der Waals surface area (Å²) in [6, 6.07) is 9.44. The lowest BCUT2D eigenvalue weighted by atomic mass is 10.2. The van der Waals surface area contributed by atoms with Crippen LogP contribution in [0.1, 0.15) is 13.3 Å². The van der Waals surface area contributed by atoms with Crippen molar-refractivity contribution < 1.29 is 0 Å². The number of fused-ring (bicyclic) bond motifs is 1. The molecule has 2 unspecified atom stereocenters. The lowest BCUT2D eigenvalue weighted by Crippen LogP contribution is -2.36. The highest BCUT2D eigenvalue weighted by atomic mass is 15.2. The highest BCUT2D eigenvalue weighted by Gasteiger charge is 2.39. The maximum absolute atomic E-state index is 3.45. The molecule has 0 amide bonds. The summed E-state index contributed by atoms with van der Waals surface area (Å²) < 4.78 is 0. The number of benzene rings is 1. The minimum Gasteiger partial charge on any atom is -0.382 e. The van der Waals surface area contributed by atoms with E-state index in [0.29, 0.717) is 0 Å². The Hall–Kier alpha value is -1.18. The molecule has 2 atom stereocenters. The Kier molecular flexibility index (Phi) is 1.69. The average Bonchev–Trinajstić information content (AvgIpc) is 2.95. The van der Waals surface area contributed by atoms with Crippen molar-refractivity contribution in [3.8, 4) is 0 Å². The molecule has 2 nitrogen and oxygen atoms in total. The summed E-state index contributed by atoms with van der Waals surface area (Å²) in [5, 5.41) is 3.45. The van der Waals surface area contributed by atoms with Crippen molar-refractivity contribution >= 4 is 11.4 Å². The molecule has 1 aliphatic carbocycles. The molecule has 1 heterocycles. The van der Waals surface area contributed by atoms with Gasteiger partial charge >= 0.3 is 0 Å². The number of para-hydroxylation sites is 2. The molecule has 0 saturated heterocycles. The van der Waals surface area contributed by atoms with Crippen molar-refractivity contribution in [1.82, 2.24) is 0 Å². The van der Waals surface area contributed by atoms with E-state index in [-0.39, 0.29) is 0 Å². The zero-order valence-corrected chi connectivity index (χ0v) is 8.53. The second-order valence-electron chi connectivity index (χ2n) is 4.42. The number of rotatable bonds is 1. The van der Waals surface area contributed by atoms with Gasteiger partial charge in [-0.05, 0) is 24.5 Å². The number of nitrogens with one attached hydrogen (secondary N) is 1. The third-order valence-corrected chi connectivity index (χ3v) is 3.35. The van der Waals surface area contributed by atoms with Crippen LogP contribution in [0, 0.1) is 5.92 Å². The Labute approximate surface area is 84.9 Å². The second kappa shape index (κ2) is 2.91. The molecule has 0 bridgehead atoms. The van der Waals surface area contributed by atoms with Crippen LogP contribution in [-0.2, 0) is 0 Å². The Morgan fingerprint density at radius 3 is 2.93 bits per heavy atom. The third-order valence-electron chi connectivity index (χ3n) is 3.35. The predicted molar refractivity (Wildman–Crippen MR) is 59.8 cm³/mol. The van der Waals surface area contributed by atoms with Gasteiger partial charge < -0.3 is 10.2 Å². The smallest absolute Gasteiger partial charge is 0.0605 e. The van der Waals surface area contributed by atoms with Gasteiger partial charge in [-0.15, -0.1) is 0 Å². The van der Waals surface area contributed by atoms with Crippen LogP contribution in [0.5, 0.6) is 0 Å². The lowest BCUT2D eigenvalue weighted by molar-refractivity contribution is 0.741. The molecule has 1 aromatic carbocycles. The van der Waals surface area contributed by atoms with Crippen molar-refractivity contribution in [1.29, 1.82) is 0 Å². The van der Waals surface area contributed by atoms with E-state index in [4.69, 9.17) is 0 Å². The zero-order chi connectivity index (χ0) is 9.54. The maximum atomic E-state index is 3.45. The van der Waals surface area contributed by atoms with Gasteiger partial charge in [-0.3, -0.25) is 0 Å². The largest absolute Gasteiger partial charge is 0.382 e. The Balaban J connectivity index is 1.95. The standard InChI is InChI=1S/C12H16N2/c1-9-8-12(9)14-7-6-13-10-4-2-3-5-11(10)14/h2-5,9,12-13H,6-8H2,1H3. The maximum Gasteiger partial charge on any atom is 0.0605 e. The molecule has 0 radical (unpaired) electrons. The van der Waals surface area contributed by atoms with Crippen LogP contribution in [0.4, 0.5) is 11.4 Å². The molecule has 1 aromatic rings. The first-order valence-electron chi connectivity index (χ1n) is 5.46. The van der Waals surface area contributed by atoms with Gasteiger partial charge in [-0.1, -0.05) is 19.1 Å². The molecule has 2 aliphatic rings. The topological polar surface area (TPSA) is 15.3 Å². The molecule has 1 N–H and O–H groups in total. The number of nitrogens with zero attached hydrogens (tertiary/aromatic N) is 1. The highest BCUT2D eigenvalue weighted by Crippen LogP contribution is 2.41. The van der Waals surface area contributed by atoms with Crippen LogP contribution in [0.2, 0.25) is 0 Å². The molecule has 0 aromatic heterocycles. The fourth-order valence-electron chi connectivity index (χ4n) is 2.39. The molecule has 3 rings (SSSR count). The Morgan fingerprint density at radius 1 is 1.36 bits per heavy atom. The van der Waals surface area contributed by atoms with Gasteiger partial charge in [0.05, 0.1) is 11.4 Å². The van der Waals surface area contributed by atoms with Gasteiger partial charge in [0.25, 0.3) is 0 Å². The van der Waals surface area contributed by atoms with E-state index >= 15 is 0 Å². The Morgan fingerprint density at radius 2 is 2.14 bits per heavy atom. The van der Waals surface area contributed by atoms with Gasteiger partial charge in [0, 0.05) is 19.1 Å². The van der Waals surface area contributed by atoms with Crippen molar-refractivity contribution in [3.63, 3.8) is 0 Å². The van der Waals surface area contributed by atoms with E-state index in [0.717, 1.165) is 25.0 Å². The summed E-state index contributed by atoms with van der Waals surface area (Å²) in [7, 11) is 0. The fraction of sp³-hybridized carbons (Fsp3) is 0.500. The van der Waals surface area contributed by atoms with E-state index < -0.39 is 0 Å². The van der Waals surface area contributed by atoms with Crippen molar-refractivity contribution in [3.05, 3.63) is 24.3 Å². The first-order chi connectivity index (χ1) is 6.86. The minimum atomic E-state index is 0.804. The molecule has 1 saturated carbocycles. The fourth-order valence-corrected chi connectivity index (χ4v) is 2.39. The van der Waals surface area contributed by atoms with Crippen molar-refractivity contribution in [2.45, 2.75) is 19.4 Å². The first-order valence-corrected chi connectivity index (χ1v) is 5.46. The molecule has 74 valence electrons. The van der Waals surface area contributed by atoms with Gasteiger partial charge in [0.1, 0.15) is 0 Å². The van der Waals surface area contributed by atoms with Crippen LogP contribution >= 0.6 is 0 Å². The number of anilines is 2. The summed E-state index contributed by atoms with van der Waals surface area (Å²) in [6.45, 7) is 4.58. The molecular weight excluding hydrogens is 172 g/mol. The summed E-state index contributed by atoms with van der Waals surface area (Å²) in [5.41, 5.74) is 2.70. The molecule has 1 aliphatic heterocycles. The van der Waals surface area contributed by atoms with E-state index in [1.54, 1.807) is 0 Å². The van der Waals surface area contributed by atoms with Crippen LogP contribution in [0.25, 0.3) is 0 Å². The molecule has 0 spiro atoms. The normalized spacial score (nSPS) is 29.4. The van der Waals surface area contributed by atoms with Crippen molar-refractivity contribution in [2.24, 2.45) is 5.92 Å². The SMILES string of the molecule is CC1CC1N1CCNc2ccccc21. The predicted octanol–water partition coefficient (Wildman–Crippen LogP) is 2.33. The van der Waals surface area contributed by atoms with E-state index in [9.17, 15) is 0 Å². The van der Waals surface area contributed by atoms with Crippen LogP contribution < -0.4 is 10.2 Å².